The van der Waals surface area contributed by atoms with Crippen molar-refractivity contribution in [2.45, 2.75) is 13.8 Å². The first-order chi connectivity index (χ1) is 9.01. The first-order valence-corrected chi connectivity index (χ1v) is 7.31. The Morgan fingerprint density at radius 1 is 1.47 bits per heavy atom. The number of likely N-dealkylation sites (N-methyl/N-ethyl adjacent to an activating group) is 2. The van der Waals surface area contributed by atoms with Gasteiger partial charge < -0.3 is 16.0 Å². The van der Waals surface area contributed by atoms with Crippen LogP contribution in [0.25, 0.3) is 0 Å². The van der Waals surface area contributed by atoms with Gasteiger partial charge in [-0.3, -0.25) is 4.79 Å². The molecule has 1 rings (SSSR count). The molecule has 1 aromatic carbocycles. The van der Waals surface area contributed by atoms with Crippen molar-refractivity contribution in [2.75, 3.05) is 24.5 Å². The summed E-state index contributed by atoms with van der Waals surface area (Å²) in [5.41, 5.74) is 7.41. The number of thiocarbonyl (C=S) groups is 1. The van der Waals surface area contributed by atoms with Gasteiger partial charge in [0.2, 0.25) is 5.91 Å². The Kier molecular flexibility index (Phi) is 6.24. The van der Waals surface area contributed by atoms with Gasteiger partial charge in [0.25, 0.3) is 0 Å². The van der Waals surface area contributed by atoms with Crippen molar-refractivity contribution in [1.82, 2.24) is 5.32 Å². The number of nitrogens with one attached hydrogen (secondary N) is 1. The van der Waals surface area contributed by atoms with Crippen LogP contribution in [0.4, 0.5) is 5.69 Å². The SMILES string of the molecule is CCNC(=O)CN(CC)c1cccc(Br)c1C(N)=S. The zero-order valence-electron chi connectivity index (χ0n) is 11.1. The highest BCUT2D eigenvalue weighted by atomic mass is 79.9. The van der Waals surface area contributed by atoms with Crippen LogP contribution in [0.15, 0.2) is 22.7 Å². The Morgan fingerprint density at radius 2 is 2.16 bits per heavy atom. The minimum Gasteiger partial charge on any atom is -0.389 e. The number of hydrogen-bond acceptors (Lipinski definition) is 3. The zero-order valence-corrected chi connectivity index (χ0v) is 13.5. The fourth-order valence-corrected chi connectivity index (χ4v) is 2.73. The second-order valence-corrected chi connectivity index (χ2v) is 5.26. The number of amides is 1. The van der Waals surface area contributed by atoms with Gasteiger partial charge in [0.05, 0.1) is 6.54 Å². The first kappa shape index (κ1) is 15.9. The smallest absolute Gasteiger partial charge is 0.239 e. The number of carbonyl (C=O) groups excluding carboxylic acids is 1. The van der Waals surface area contributed by atoms with Gasteiger partial charge in [0.15, 0.2) is 0 Å². The number of halogens is 1. The van der Waals surface area contributed by atoms with Crippen LogP contribution in [-0.2, 0) is 4.79 Å². The standard InChI is InChI=1S/C13H18BrN3OS/c1-3-16-11(18)8-17(4-2)10-7-5-6-9(14)12(10)13(15)19/h5-7H,3-4,8H2,1-2H3,(H2,15,19)(H,16,18). The highest BCUT2D eigenvalue weighted by molar-refractivity contribution is 9.10. The Bertz CT molecular complexity index is 479. The largest absolute Gasteiger partial charge is 0.389 e. The Hall–Kier alpha value is -1.14. The highest BCUT2D eigenvalue weighted by Crippen LogP contribution is 2.27. The molecule has 3 N–H and O–H groups in total. The van der Waals surface area contributed by atoms with Gasteiger partial charge in [0.1, 0.15) is 4.99 Å². The van der Waals surface area contributed by atoms with Gasteiger partial charge in [-0.2, -0.15) is 0 Å². The van der Waals surface area contributed by atoms with Crippen LogP contribution < -0.4 is 16.0 Å². The maximum absolute atomic E-state index is 11.7. The van der Waals surface area contributed by atoms with Gasteiger partial charge in [-0.15, -0.1) is 0 Å². The molecule has 0 fully saturated rings. The molecular weight excluding hydrogens is 326 g/mol. The van der Waals surface area contributed by atoms with Crippen LogP contribution in [0.2, 0.25) is 0 Å². The van der Waals surface area contributed by atoms with Crippen LogP contribution in [-0.4, -0.2) is 30.5 Å². The normalized spacial score (nSPS) is 10.1. The second-order valence-electron chi connectivity index (χ2n) is 3.97. The summed E-state index contributed by atoms with van der Waals surface area (Å²) < 4.78 is 0.840. The Balaban J connectivity index is 3.08. The third-order valence-electron chi connectivity index (χ3n) is 2.67. The number of rotatable bonds is 6. The molecule has 0 aliphatic carbocycles. The van der Waals surface area contributed by atoms with E-state index < -0.39 is 0 Å². The highest BCUT2D eigenvalue weighted by Gasteiger charge is 2.16. The average Bonchev–Trinajstić information content (AvgIpc) is 2.35. The van der Waals surface area contributed by atoms with E-state index in [4.69, 9.17) is 18.0 Å². The molecule has 0 unspecified atom stereocenters. The number of nitrogens with two attached hydrogens (primary N) is 1. The van der Waals surface area contributed by atoms with Crippen molar-refractivity contribution in [1.29, 1.82) is 0 Å². The Labute approximate surface area is 127 Å². The molecule has 6 heteroatoms. The van der Waals surface area contributed by atoms with Crippen molar-refractivity contribution in [3.8, 4) is 0 Å². The molecule has 0 heterocycles. The summed E-state index contributed by atoms with van der Waals surface area (Å²) in [6.07, 6.45) is 0. The van der Waals surface area contributed by atoms with Crippen molar-refractivity contribution < 1.29 is 4.79 Å². The van der Waals surface area contributed by atoms with Crippen LogP contribution in [0.3, 0.4) is 0 Å². The second kappa shape index (κ2) is 7.45. The molecule has 4 nitrogen and oxygen atoms in total. The lowest BCUT2D eigenvalue weighted by Crippen LogP contribution is -2.38. The van der Waals surface area contributed by atoms with Gasteiger partial charge in [-0.25, -0.2) is 0 Å². The summed E-state index contributed by atoms with van der Waals surface area (Å²) >= 11 is 8.54. The quantitative estimate of drug-likeness (QED) is 0.776. The molecule has 0 aliphatic heterocycles. The van der Waals surface area contributed by atoms with Crippen LogP contribution in [0.5, 0.6) is 0 Å². The maximum atomic E-state index is 11.7. The number of nitrogens with zero attached hydrogens (tertiary/aromatic N) is 1. The predicted molar refractivity (Wildman–Crippen MR) is 86.6 cm³/mol. The summed E-state index contributed by atoms with van der Waals surface area (Å²) in [6.45, 7) is 5.49. The fraction of sp³-hybridized carbons (Fsp3) is 0.385. The van der Waals surface area contributed by atoms with Crippen molar-refractivity contribution in [3.05, 3.63) is 28.2 Å². The molecule has 19 heavy (non-hydrogen) atoms. The van der Waals surface area contributed by atoms with E-state index in [2.05, 4.69) is 21.2 Å². The van der Waals surface area contributed by atoms with E-state index in [0.29, 0.717) is 18.1 Å². The number of carbonyl (C=O) groups is 1. The van der Waals surface area contributed by atoms with Crippen LogP contribution in [0, 0.1) is 0 Å². The third kappa shape index (κ3) is 4.18. The molecule has 0 saturated heterocycles. The van der Waals surface area contributed by atoms with Gasteiger partial charge in [0, 0.05) is 28.8 Å². The predicted octanol–water partition coefficient (Wildman–Crippen LogP) is 2.05. The third-order valence-corrected chi connectivity index (χ3v) is 3.53. The Morgan fingerprint density at radius 3 is 2.68 bits per heavy atom. The number of benzene rings is 1. The minimum atomic E-state index is -0.0155. The summed E-state index contributed by atoms with van der Waals surface area (Å²) in [5.74, 6) is -0.0155. The molecule has 0 radical (unpaired) electrons. The molecule has 1 aromatic rings. The average molecular weight is 344 g/mol. The number of hydrogen-bond donors (Lipinski definition) is 2. The summed E-state index contributed by atoms with van der Waals surface area (Å²) in [7, 11) is 0. The molecule has 0 atom stereocenters. The van der Waals surface area contributed by atoms with E-state index in [1.54, 1.807) is 0 Å². The fourth-order valence-electron chi connectivity index (χ4n) is 1.81. The first-order valence-electron chi connectivity index (χ1n) is 6.11. The molecule has 0 spiro atoms. The minimum absolute atomic E-state index is 0.0155. The van der Waals surface area contributed by atoms with Crippen LogP contribution >= 0.6 is 28.1 Å². The zero-order chi connectivity index (χ0) is 14.4. The van der Waals surface area contributed by atoms with E-state index in [-0.39, 0.29) is 12.5 Å². The monoisotopic (exact) mass is 343 g/mol. The number of anilines is 1. The van der Waals surface area contributed by atoms with Crippen molar-refractivity contribution in [3.63, 3.8) is 0 Å². The molecule has 0 saturated carbocycles. The molecule has 1 amide bonds. The van der Waals surface area contributed by atoms with Gasteiger partial charge in [-0.1, -0.05) is 18.3 Å². The summed E-state index contributed by atoms with van der Waals surface area (Å²) in [5, 5.41) is 2.79. The molecular formula is C13H18BrN3OS. The maximum Gasteiger partial charge on any atom is 0.239 e. The molecule has 0 aromatic heterocycles. The van der Waals surface area contributed by atoms with E-state index in [0.717, 1.165) is 15.7 Å². The molecule has 0 aliphatic rings. The van der Waals surface area contributed by atoms with Gasteiger partial charge in [-0.05, 0) is 41.9 Å². The topological polar surface area (TPSA) is 58.4 Å². The van der Waals surface area contributed by atoms with Crippen LogP contribution in [0.1, 0.15) is 19.4 Å². The lowest BCUT2D eigenvalue weighted by atomic mass is 10.1. The van der Waals surface area contributed by atoms with E-state index >= 15 is 0 Å². The van der Waals surface area contributed by atoms with E-state index in [1.807, 2.05) is 36.9 Å². The lowest BCUT2D eigenvalue weighted by molar-refractivity contribution is -0.119. The molecule has 0 bridgehead atoms. The van der Waals surface area contributed by atoms with Crippen molar-refractivity contribution in [2.24, 2.45) is 5.73 Å². The summed E-state index contributed by atoms with van der Waals surface area (Å²) in [6, 6.07) is 5.71. The molecule has 104 valence electrons. The van der Waals surface area contributed by atoms with Crippen molar-refractivity contribution >= 4 is 44.7 Å². The van der Waals surface area contributed by atoms with E-state index in [1.165, 1.54) is 0 Å². The lowest BCUT2D eigenvalue weighted by Gasteiger charge is -2.25. The van der Waals surface area contributed by atoms with Gasteiger partial charge >= 0.3 is 0 Å². The van der Waals surface area contributed by atoms with E-state index in [9.17, 15) is 4.79 Å². The summed E-state index contributed by atoms with van der Waals surface area (Å²) in [4.78, 5) is 14.0.